The SMILES string of the molecule is CC(C)COc1ccc(Cl)cc1C(=O)CCl. The van der Waals surface area contributed by atoms with Crippen molar-refractivity contribution in [3.63, 3.8) is 0 Å². The van der Waals surface area contributed by atoms with Gasteiger partial charge in [0.2, 0.25) is 0 Å². The predicted octanol–water partition coefficient (Wildman–Crippen LogP) is 3.80. The lowest BCUT2D eigenvalue weighted by Crippen LogP contribution is -2.09. The van der Waals surface area contributed by atoms with Crippen molar-refractivity contribution in [2.24, 2.45) is 5.92 Å². The Hall–Kier alpha value is -0.730. The van der Waals surface area contributed by atoms with E-state index < -0.39 is 0 Å². The lowest BCUT2D eigenvalue weighted by Gasteiger charge is -2.12. The lowest BCUT2D eigenvalue weighted by atomic mass is 10.1. The highest BCUT2D eigenvalue weighted by Crippen LogP contribution is 2.24. The number of alkyl halides is 1. The topological polar surface area (TPSA) is 26.3 Å². The van der Waals surface area contributed by atoms with Crippen molar-refractivity contribution >= 4 is 29.0 Å². The summed E-state index contributed by atoms with van der Waals surface area (Å²) in [6.45, 7) is 4.64. The van der Waals surface area contributed by atoms with Crippen molar-refractivity contribution in [1.82, 2.24) is 0 Å². The minimum atomic E-state index is -0.178. The fourth-order valence-corrected chi connectivity index (χ4v) is 1.49. The van der Waals surface area contributed by atoms with Crippen LogP contribution in [0.15, 0.2) is 18.2 Å². The Labute approximate surface area is 106 Å². The number of Topliss-reactive ketones (excluding diaryl/α,β-unsaturated/α-hetero) is 1. The molecule has 0 aliphatic carbocycles. The van der Waals surface area contributed by atoms with E-state index in [0.29, 0.717) is 28.9 Å². The molecule has 1 aromatic carbocycles. The van der Waals surface area contributed by atoms with Gasteiger partial charge >= 0.3 is 0 Å². The minimum Gasteiger partial charge on any atom is -0.493 e. The minimum absolute atomic E-state index is 0.0711. The molecule has 0 atom stereocenters. The highest BCUT2D eigenvalue weighted by atomic mass is 35.5. The first-order valence-electron chi connectivity index (χ1n) is 5.06. The van der Waals surface area contributed by atoms with Crippen molar-refractivity contribution in [1.29, 1.82) is 0 Å². The van der Waals surface area contributed by atoms with Crippen molar-refractivity contribution < 1.29 is 9.53 Å². The van der Waals surface area contributed by atoms with Crippen LogP contribution in [0.25, 0.3) is 0 Å². The smallest absolute Gasteiger partial charge is 0.181 e. The van der Waals surface area contributed by atoms with Gasteiger partial charge in [-0.05, 0) is 24.1 Å². The second-order valence-corrected chi connectivity index (χ2v) is 4.61. The first-order chi connectivity index (χ1) is 7.54. The van der Waals surface area contributed by atoms with Crippen LogP contribution in [-0.2, 0) is 0 Å². The van der Waals surface area contributed by atoms with E-state index in [1.165, 1.54) is 0 Å². The third-order valence-corrected chi connectivity index (χ3v) is 2.41. The molecule has 0 saturated heterocycles. The molecule has 0 radical (unpaired) electrons. The maximum Gasteiger partial charge on any atom is 0.181 e. The molecule has 0 aliphatic rings. The number of carbonyl (C=O) groups is 1. The van der Waals surface area contributed by atoms with Gasteiger partial charge < -0.3 is 4.74 Å². The van der Waals surface area contributed by atoms with Crippen molar-refractivity contribution in [3.8, 4) is 5.75 Å². The quantitative estimate of drug-likeness (QED) is 0.595. The Kier molecular flexibility index (Phi) is 5.10. The van der Waals surface area contributed by atoms with Gasteiger partial charge in [0, 0.05) is 5.02 Å². The number of hydrogen-bond acceptors (Lipinski definition) is 2. The molecule has 0 fully saturated rings. The molecule has 0 aliphatic heterocycles. The monoisotopic (exact) mass is 260 g/mol. The number of halogens is 2. The summed E-state index contributed by atoms with van der Waals surface area (Å²) < 4.78 is 5.54. The van der Waals surface area contributed by atoms with E-state index in [4.69, 9.17) is 27.9 Å². The molecular formula is C12H14Cl2O2. The van der Waals surface area contributed by atoms with Crippen molar-refractivity contribution in [3.05, 3.63) is 28.8 Å². The van der Waals surface area contributed by atoms with Crippen molar-refractivity contribution in [2.75, 3.05) is 12.5 Å². The van der Waals surface area contributed by atoms with Crippen LogP contribution in [0.2, 0.25) is 5.02 Å². The third-order valence-electron chi connectivity index (χ3n) is 1.94. The standard InChI is InChI=1S/C12H14Cl2O2/c1-8(2)7-16-12-4-3-9(14)5-10(12)11(15)6-13/h3-5,8H,6-7H2,1-2H3. The highest BCUT2D eigenvalue weighted by molar-refractivity contribution is 6.33. The number of rotatable bonds is 5. The van der Waals surface area contributed by atoms with Gasteiger partial charge in [-0.25, -0.2) is 0 Å². The number of ether oxygens (including phenoxy) is 1. The Bertz CT molecular complexity index is 375. The largest absolute Gasteiger partial charge is 0.493 e. The summed E-state index contributed by atoms with van der Waals surface area (Å²) in [6.07, 6.45) is 0. The van der Waals surface area contributed by atoms with Crippen LogP contribution in [0.5, 0.6) is 5.75 Å². The van der Waals surface area contributed by atoms with E-state index in [1.807, 2.05) is 13.8 Å². The fraction of sp³-hybridized carbons (Fsp3) is 0.417. The molecule has 88 valence electrons. The van der Waals surface area contributed by atoms with Crippen LogP contribution in [0.1, 0.15) is 24.2 Å². The molecule has 0 amide bonds. The van der Waals surface area contributed by atoms with E-state index in [9.17, 15) is 4.79 Å². The van der Waals surface area contributed by atoms with Crippen LogP contribution in [-0.4, -0.2) is 18.3 Å². The van der Waals surface area contributed by atoms with E-state index >= 15 is 0 Å². The number of ketones is 1. The number of hydrogen-bond donors (Lipinski definition) is 0. The molecule has 0 unspecified atom stereocenters. The Balaban J connectivity index is 2.93. The predicted molar refractivity (Wildman–Crippen MR) is 66.8 cm³/mol. The van der Waals surface area contributed by atoms with Gasteiger partial charge in [0.25, 0.3) is 0 Å². The fourth-order valence-electron chi connectivity index (χ4n) is 1.17. The van der Waals surface area contributed by atoms with E-state index in [2.05, 4.69) is 0 Å². The van der Waals surface area contributed by atoms with Crippen LogP contribution in [0.4, 0.5) is 0 Å². The summed E-state index contributed by atoms with van der Waals surface area (Å²) in [7, 11) is 0. The summed E-state index contributed by atoms with van der Waals surface area (Å²) in [5, 5.41) is 0.505. The Morgan fingerprint density at radius 1 is 1.44 bits per heavy atom. The second kappa shape index (κ2) is 6.12. The van der Waals surface area contributed by atoms with Gasteiger partial charge in [0.05, 0.1) is 18.1 Å². The molecule has 0 N–H and O–H groups in total. The average Bonchev–Trinajstić information content (AvgIpc) is 2.26. The molecule has 1 rings (SSSR count). The summed E-state index contributed by atoms with van der Waals surface area (Å²) in [6, 6.07) is 4.98. The Morgan fingerprint density at radius 2 is 2.12 bits per heavy atom. The summed E-state index contributed by atoms with van der Waals surface area (Å²) >= 11 is 11.4. The average molecular weight is 261 g/mol. The summed E-state index contributed by atoms with van der Waals surface area (Å²) in [5.74, 6) is 0.694. The van der Waals surface area contributed by atoms with Crippen LogP contribution in [0.3, 0.4) is 0 Å². The van der Waals surface area contributed by atoms with Crippen LogP contribution >= 0.6 is 23.2 Å². The second-order valence-electron chi connectivity index (χ2n) is 3.90. The number of benzene rings is 1. The maximum absolute atomic E-state index is 11.6. The molecule has 0 spiro atoms. The maximum atomic E-state index is 11.6. The molecule has 4 heteroatoms. The third kappa shape index (κ3) is 3.69. The highest BCUT2D eigenvalue weighted by Gasteiger charge is 2.12. The van der Waals surface area contributed by atoms with Crippen molar-refractivity contribution in [2.45, 2.75) is 13.8 Å². The molecule has 0 aromatic heterocycles. The zero-order valence-corrected chi connectivity index (χ0v) is 10.8. The van der Waals surface area contributed by atoms with Gasteiger partial charge in [-0.1, -0.05) is 25.4 Å². The molecule has 16 heavy (non-hydrogen) atoms. The van der Waals surface area contributed by atoms with E-state index in [1.54, 1.807) is 18.2 Å². The lowest BCUT2D eigenvalue weighted by molar-refractivity contribution is 0.101. The molecule has 2 nitrogen and oxygen atoms in total. The van der Waals surface area contributed by atoms with Crippen LogP contribution < -0.4 is 4.74 Å². The van der Waals surface area contributed by atoms with Gasteiger partial charge in [-0.3, -0.25) is 4.79 Å². The molecule has 1 aromatic rings. The Morgan fingerprint density at radius 3 is 2.69 bits per heavy atom. The van der Waals surface area contributed by atoms with Gasteiger partial charge in [0.15, 0.2) is 5.78 Å². The van der Waals surface area contributed by atoms with Gasteiger partial charge in [-0.15, -0.1) is 11.6 Å². The first kappa shape index (κ1) is 13.3. The summed E-state index contributed by atoms with van der Waals surface area (Å²) in [4.78, 5) is 11.6. The molecular weight excluding hydrogens is 247 g/mol. The summed E-state index contributed by atoms with van der Waals surface area (Å²) in [5.41, 5.74) is 0.447. The zero-order chi connectivity index (χ0) is 12.1. The molecule has 0 heterocycles. The molecule has 0 saturated carbocycles. The van der Waals surface area contributed by atoms with Gasteiger partial charge in [0.1, 0.15) is 5.75 Å². The molecule has 0 bridgehead atoms. The van der Waals surface area contributed by atoms with Gasteiger partial charge in [-0.2, -0.15) is 0 Å². The first-order valence-corrected chi connectivity index (χ1v) is 5.97. The number of carbonyl (C=O) groups excluding carboxylic acids is 1. The normalized spacial score (nSPS) is 10.6. The van der Waals surface area contributed by atoms with Crippen LogP contribution in [0, 0.1) is 5.92 Å². The van der Waals surface area contributed by atoms with E-state index in [0.717, 1.165) is 0 Å². The zero-order valence-electron chi connectivity index (χ0n) is 9.30. The van der Waals surface area contributed by atoms with E-state index in [-0.39, 0.29) is 11.7 Å².